The van der Waals surface area contributed by atoms with Crippen LogP contribution in [-0.2, 0) is 16.1 Å². The van der Waals surface area contributed by atoms with Gasteiger partial charge in [0.15, 0.2) is 0 Å². The van der Waals surface area contributed by atoms with Gasteiger partial charge in [-0.15, -0.1) is 0 Å². The van der Waals surface area contributed by atoms with E-state index in [9.17, 15) is 9.59 Å². The van der Waals surface area contributed by atoms with Gasteiger partial charge in [-0.05, 0) is 0 Å². The Morgan fingerprint density at radius 1 is 0.950 bits per heavy atom. The second-order valence-electron chi connectivity index (χ2n) is 6.43. The molecule has 0 aliphatic carbocycles. The number of amides is 2. The van der Waals surface area contributed by atoms with Gasteiger partial charge in [-0.1, -0.05) is 0 Å². The Morgan fingerprint density at radius 3 is 1.95 bits per heavy atom. The molecule has 0 spiro atoms. The van der Waals surface area contributed by atoms with Crippen LogP contribution >= 0.6 is 0 Å². The van der Waals surface area contributed by atoms with Crippen LogP contribution in [-0.4, -0.2) is 35.1 Å². The Bertz CT molecular complexity index is 594. The van der Waals surface area contributed by atoms with Gasteiger partial charge in [0.2, 0.25) is 0 Å². The Labute approximate surface area is 124 Å². The maximum absolute atomic E-state index is 12.5. The summed E-state index contributed by atoms with van der Waals surface area (Å²) in [6.45, 7) is 4.20. The molecule has 0 fully saturated rings. The molecule has 0 aromatic heterocycles. The van der Waals surface area contributed by atoms with E-state index in [4.69, 9.17) is 0 Å². The summed E-state index contributed by atoms with van der Waals surface area (Å²) >= 11 is -2.55. The molecule has 106 valence electrons. The second kappa shape index (κ2) is 5.35. The Balaban J connectivity index is 2.27. The Morgan fingerprint density at radius 2 is 1.50 bits per heavy atom. The van der Waals surface area contributed by atoms with Crippen LogP contribution in [0.25, 0.3) is 0 Å². The van der Waals surface area contributed by atoms with Gasteiger partial charge in [-0.2, -0.15) is 0 Å². The topological polar surface area (TPSA) is 37.4 Å². The van der Waals surface area contributed by atoms with Crippen LogP contribution in [0.2, 0.25) is 14.8 Å². The number of carbonyl (C=O) groups is 2. The first-order valence-corrected chi connectivity index (χ1v) is 16.8. The van der Waals surface area contributed by atoms with Crippen molar-refractivity contribution in [3.8, 4) is 0 Å². The number of hydrogen-bond acceptors (Lipinski definition) is 2. The minimum atomic E-state index is -2.55. The van der Waals surface area contributed by atoms with E-state index in [0.29, 0.717) is 12.1 Å². The van der Waals surface area contributed by atoms with Crippen molar-refractivity contribution in [2.24, 2.45) is 0 Å². The predicted octanol–water partition coefficient (Wildman–Crippen LogP) is 3.06. The van der Waals surface area contributed by atoms with Crippen molar-refractivity contribution in [2.45, 2.75) is 35.2 Å². The summed E-state index contributed by atoms with van der Waals surface area (Å²) in [5.41, 5.74) is 2.84. The fourth-order valence-corrected chi connectivity index (χ4v) is 8.33. The molecule has 0 saturated carbocycles. The maximum atomic E-state index is 12.5. The van der Waals surface area contributed by atoms with Crippen LogP contribution in [0, 0.1) is 6.92 Å². The quantitative estimate of drug-likeness (QED) is 0.599. The van der Waals surface area contributed by atoms with E-state index in [1.54, 1.807) is 6.92 Å². The number of hydrogen-bond donors (Lipinski definition) is 0. The molecule has 1 aromatic carbocycles. The first kappa shape index (κ1) is 15.3. The van der Waals surface area contributed by atoms with Gasteiger partial charge in [0.25, 0.3) is 0 Å². The van der Waals surface area contributed by atoms with Gasteiger partial charge in [-0.3, -0.25) is 0 Å². The molecule has 1 aromatic rings. The molecule has 3 nitrogen and oxygen atoms in total. The van der Waals surface area contributed by atoms with Crippen molar-refractivity contribution in [3.05, 3.63) is 44.6 Å². The van der Waals surface area contributed by atoms with Gasteiger partial charge in [0, 0.05) is 0 Å². The first-order valence-electron chi connectivity index (χ1n) is 6.85. The summed E-state index contributed by atoms with van der Waals surface area (Å²) in [5.74, 6) is -0.173. The zero-order valence-electron chi connectivity index (χ0n) is 12.8. The van der Waals surface area contributed by atoms with Crippen LogP contribution in [0.3, 0.4) is 0 Å². The van der Waals surface area contributed by atoms with E-state index in [0.717, 1.165) is 9.15 Å². The summed E-state index contributed by atoms with van der Waals surface area (Å²) in [6, 6.07) is 7.96. The summed E-state index contributed by atoms with van der Waals surface area (Å²) in [6.07, 6.45) is 0. The fraction of sp³-hybridized carbons (Fsp3) is 0.375. The van der Waals surface area contributed by atoms with Gasteiger partial charge < -0.3 is 0 Å². The van der Waals surface area contributed by atoms with Gasteiger partial charge in [-0.25, -0.2) is 0 Å². The van der Waals surface area contributed by atoms with Crippen molar-refractivity contribution < 1.29 is 9.59 Å². The van der Waals surface area contributed by atoms with Gasteiger partial charge >= 0.3 is 124 Å². The minimum absolute atomic E-state index is 0.0589. The zero-order valence-corrected chi connectivity index (χ0v) is 15.6. The molecule has 1 aliphatic heterocycles. The molecular formula is C16H21NO2Sn. The fourth-order valence-electron chi connectivity index (χ4n) is 2.60. The number of nitrogens with zero attached hydrogens (tertiary/aromatic N) is 1. The van der Waals surface area contributed by atoms with E-state index < -0.39 is 18.4 Å². The average Bonchev–Trinajstić information content (AvgIpc) is 2.55. The molecule has 1 aliphatic rings. The van der Waals surface area contributed by atoms with Crippen molar-refractivity contribution >= 4 is 30.2 Å². The van der Waals surface area contributed by atoms with Gasteiger partial charge in [0.1, 0.15) is 0 Å². The van der Waals surface area contributed by atoms with E-state index in [2.05, 4.69) is 14.8 Å². The Kier molecular flexibility index (Phi) is 4.09. The van der Waals surface area contributed by atoms with Gasteiger partial charge in [0.05, 0.1) is 0 Å². The van der Waals surface area contributed by atoms with Crippen molar-refractivity contribution in [2.75, 3.05) is 0 Å². The summed E-state index contributed by atoms with van der Waals surface area (Å²) < 4.78 is 0.844. The number of rotatable bonds is 3. The molecule has 0 radical (unpaired) electrons. The van der Waals surface area contributed by atoms with E-state index in [1.807, 2.05) is 31.2 Å². The Hall–Kier alpha value is -1.10. The van der Waals surface area contributed by atoms with Crippen LogP contribution in [0.4, 0.5) is 0 Å². The number of imide groups is 1. The number of carbonyl (C=O) groups excluding carboxylic acids is 2. The third-order valence-electron chi connectivity index (χ3n) is 3.61. The number of aryl methyl sites for hydroxylation is 1. The standard InChI is InChI=1S/C13H12NO2.3CH3.Sn/c1-9-3-5-11(6-4-9)8-14-12(15)7-10(2)13(14)16;;;;/h3-6H,8H2,1-2H3;3*1H3;. The molecule has 0 bridgehead atoms. The van der Waals surface area contributed by atoms with Crippen LogP contribution in [0.1, 0.15) is 18.1 Å². The monoisotopic (exact) mass is 379 g/mol. The van der Waals surface area contributed by atoms with Crippen molar-refractivity contribution in [1.29, 1.82) is 0 Å². The normalized spacial score (nSPS) is 16.4. The first-order chi connectivity index (χ1) is 9.21. The molecule has 0 atom stereocenters. The molecule has 2 amide bonds. The summed E-state index contributed by atoms with van der Waals surface area (Å²) in [5, 5.41) is 0. The van der Waals surface area contributed by atoms with Crippen molar-refractivity contribution in [1.82, 2.24) is 4.90 Å². The molecular weight excluding hydrogens is 357 g/mol. The van der Waals surface area contributed by atoms with E-state index in [-0.39, 0.29) is 11.8 Å². The third-order valence-corrected chi connectivity index (χ3v) is 9.57. The van der Waals surface area contributed by atoms with Crippen LogP contribution in [0.5, 0.6) is 0 Å². The van der Waals surface area contributed by atoms with Crippen LogP contribution < -0.4 is 0 Å². The molecule has 20 heavy (non-hydrogen) atoms. The molecule has 1 heterocycles. The van der Waals surface area contributed by atoms with Crippen LogP contribution in [0.15, 0.2) is 33.4 Å². The molecule has 4 heteroatoms. The SMILES string of the molecule is CC1=[C]([Sn]([CH3])([CH3])[CH3])C(=O)N(Cc2ccc(C)cc2)C1=O. The van der Waals surface area contributed by atoms with Crippen molar-refractivity contribution in [3.63, 3.8) is 0 Å². The molecule has 0 N–H and O–H groups in total. The molecule has 2 rings (SSSR count). The number of benzene rings is 1. The van der Waals surface area contributed by atoms with E-state index >= 15 is 0 Å². The zero-order chi connectivity index (χ0) is 15.1. The third kappa shape index (κ3) is 2.82. The van der Waals surface area contributed by atoms with E-state index in [1.165, 1.54) is 10.5 Å². The summed E-state index contributed by atoms with van der Waals surface area (Å²) in [4.78, 5) is 32.8. The average molecular weight is 378 g/mol. The molecule has 0 unspecified atom stereocenters. The summed E-state index contributed by atoms with van der Waals surface area (Å²) in [7, 11) is 0. The molecule has 0 saturated heterocycles. The predicted molar refractivity (Wildman–Crippen MR) is 82.8 cm³/mol. The second-order valence-corrected chi connectivity index (χ2v) is 20.7.